The highest BCUT2D eigenvalue weighted by Crippen LogP contribution is 2.24. The molecule has 148 valence electrons. The van der Waals surface area contributed by atoms with Gasteiger partial charge in [-0.1, -0.05) is 32.6 Å². The molecule has 1 aliphatic heterocycles. The second-order valence-electron chi connectivity index (χ2n) is 8.20. The summed E-state index contributed by atoms with van der Waals surface area (Å²) in [5.41, 5.74) is 1.95. The molecule has 0 aromatic heterocycles. The predicted octanol–water partition coefficient (Wildman–Crippen LogP) is 4.09. The van der Waals surface area contributed by atoms with Crippen LogP contribution in [0.1, 0.15) is 64.7 Å². The van der Waals surface area contributed by atoms with E-state index in [0.717, 1.165) is 37.5 Å². The van der Waals surface area contributed by atoms with E-state index < -0.39 is 0 Å². The quantitative estimate of drug-likeness (QED) is 0.605. The summed E-state index contributed by atoms with van der Waals surface area (Å²) in [5.74, 6) is 0.392. The van der Waals surface area contributed by atoms with Crippen molar-refractivity contribution in [2.24, 2.45) is 5.92 Å². The summed E-state index contributed by atoms with van der Waals surface area (Å²) < 4.78 is 0. The highest BCUT2D eigenvalue weighted by atomic mass is 16.2. The molecule has 1 heterocycles. The Morgan fingerprint density at radius 2 is 1.56 bits per heavy atom. The monoisotopic (exact) mass is 371 g/mol. The molecule has 1 aliphatic carbocycles. The number of piperidine rings is 1. The summed E-state index contributed by atoms with van der Waals surface area (Å²) in [4.78, 5) is 26.7. The minimum atomic E-state index is -0.249. The molecule has 1 aromatic rings. The zero-order chi connectivity index (χ0) is 19.1. The third-order valence-corrected chi connectivity index (χ3v) is 5.84. The lowest BCUT2D eigenvalue weighted by Gasteiger charge is -2.32. The maximum Gasteiger partial charge on any atom is 0.233 e. The molecule has 0 bridgehead atoms. The lowest BCUT2D eigenvalue weighted by Crippen LogP contribution is -2.36. The van der Waals surface area contributed by atoms with E-state index in [0.29, 0.717) is 0 Å². The van der Waals surface area contributed by atoms with Gasteiger partial charge in [0.15, 0.2) is 0 Å². The molecule has 1 saturated heterocycles. The second kappa shape index (κ2) is 9.77. The summed E-state index contributed by atoms with van der Waals surface area (Å²) in [5, 5.41) is 5.87. The molecule has 5 heteroatoms. The minimum Gasteiger partial charge on any atom is -0.372 e. The molecule has 5 nitrogen and oxygen atoms in total. The number of nitrogens with one attached hydrogen (secondary N) is 2. The van der Waals surface area contributed by atoms with Crippen molar-refractivity contribution in [3.8, 4) is 0 Å². The number of anilines is 2. The summed E-state index contributed by atoms with van der Waals surface area (Å²) >= 11 is 0. The topological polar surface area (TPSA) is 61.4 Å². The molecule has 2 N–H and O–H groups in total. The van der Waals surface area contributed by atoms with Crippen molar-refractivity contribution < 1.29 is 9.59 Å². The van der Waals surface area contributed by atoms with Gasteiger partial charge in [-0.25, -0.2) is 0 Å². The molecule has 0 unspecified atom stereocenters. The smallest absolute Gasteiger partial charge is 0.233 e. The average Bonchev–Trinajstić information content (AvgIpc) is 2.91. The molecule has 0 atom stereocenters. The summed E-state index contributed by atoms with van der Waals surface area (Å²) in [6, 6.07) is 8.19. The van der Waals surface area contributed by atoms with Gasteiger partial charge in [0.1, 0.15) is 6.42 Å². The SMILES string of the molecule is CC1CCN(c2ccc(NC(=O)CC(=O)NC3CCCCCC3)cc2)CC1. The van der Waals surface area contributed by atoms with Crippen molar-refractivity contribution >= 4 is 23.2 Å². The maximum atomic E-state index is 12.2. The van der Waals surface area contributed by atoms with Crippen molar-refractivity contribution in [1.29, 1.82) is 0 Å². The maximum absolute atomic E-state index is 12.2. The van der Waals surface area contributed by atoms with Gasteiger partial charge < -0.3 is 15.5 Å². The molecular formula is C22H33N3O2. The van der Waals surface area contributed by atoms with Crippen LogP contribution in [0.15, 0.2) is 24.3 Å². The van der Waals surface area contributed by atoms with Gasteiger partial charge in [0.2, 0.25) is 11.8 Å². The van der Waals surface area contributed by atoms with Crippen LogP contribution in [0, 0.1) is 5.92 Å². The van der Waals surface area contributed by atoms with E-state index in [9.17, 15) is 9.59 Å². The van der Waals surface area contributed by atoms with Gasteiger partial charge in [-0.3, -0.25) is 9.59 Å². The summed E-state index contributed by atoms with van der Waals surface area (Å²) in [6.07, 6.45) is 9.25. The largest absolute Gasteiger partial charge is 0.372 e. The zero-order valence-electron chi connectivity index (χ0n) is 16.5. The number of carbonyl (C=O) groups excluding carboxylic acids is 2. The molecule has 3 rings (SSSR count). The van der Waals surface area contributed by atoms with Crippen molar-refractivity contribution in [1.82, 2.24) is 5.32 Å². The third-order valence-electron chi connectivity index (χ3n) is 5.84. The number of hydrogen-bond donors (Lipinski definition) is 2. The van der Waals surface area contributed by atoms with E-state index in [1.807, 2.05) is 12.1 Å². The Balaban J connectivity index is 1.44. The van der Waals surface area contributed by atoms with Gasteiger partial charge in [0.25, 0.3) is 0 Å². The Hall–Kier alpha value is -2.04. The van der Waals surface area contributed by atoms with E-state index >= 15 is 0 Å². The van der Waals surface area contributed by atoms with E-state index in [2.05, 4.69) is 34.6 Å². The first-order valence-corrected chi connectivity index (χ1v) is 10.5. The van der Waals surface area contributed by atoms with Crippen LogP contribution >= 0.6 is 0 Å². The van der Waals surface area contributed by atoms with Crippen LogP contribution in [0.3, 0.4) is 0 Å². The Bertz CT molecular complexity index is 613. The number of rotatable bonds is 5. The van der Waals surface area contributed by atoms with Crippen LogP contribution in [-0.4, -0.2) is 30.9 Å². The van der Waals surface area contributed by atoms with Gasteiger partial charge >= 0.3 is 0 Å². The van der Waals surface area contributed by atoms with Crippen LogP contribution in [0.25, 0.3) is 0 Å². The van der Waals surface area contributed by atoms with Gasteiger partial charge in [-0.2, -0.15) is 0 Å². The average molecular weight is 372 g/mol. The molecular weight excluding hydrogens is 338 g/mol. The van der Waals surface area contributed by atoms with E-state index in [1.165, 1.54) is 44.2 Å². The highest BCUT2D eigenvalue weighted by molar-refractivity contribution is 6.03. The van der Waals surface area contributed by atoms with Crippen LogP contribution in [0.4, 0.5) is 11.4 Å². The third kappa shape index (κ3) is 6.26. The number of amides is 2. The first-order chi connectivity index (χ1) is 13.1. The van der Waals surface area contributed by atoms with E-state index in [-0.39, 0.29) is 24.3 Å². The molecule has 2 amide bonds. The fourth-order valence-corrected chi connectivity index (χ4v) is 4.08. The number of hydrogen-bond acceptors (Lipinski definition) is 3. The number of nitrogens with zero attached hydrogens (tertiary/aromatic N) is 1. The van der Waals surface area contributed by atoms with E-state index in [4.69, 9.17) is 0 Å². The summed E-state index contributed by atoms with van der Waals surface area (Å²) in [6.45, 7) is 4.49. The van der Waals surface area contributed by atoms with Crippen molar-refractivity contribution in [3.63, 3.8) is 0 Å². The Morgan fingerprint density at radius 1 is 0.926 bits per heavy atom. The molecule has 27 heavy (non-hydrogen) atoms. The lowest BCUT2D eigenvalue weighted by atomic mass is 9.99. The molecule has 1 saturated carbocycles. The van der Waals surface area contributed by atoms with Crippen molar-refractivity contribution in [2.75, 3.05) is 23.3 Å². The normalized spacial score (nSPS) is 19.4. The molecule has 0 radical (unpaired) electrons. The van der Waals surface area contributed by atoms with Crippen molar-refractivity contribution in [3.05, 3.63) is 24.3 Å². The molecule has 2 aliphatic rings. The fourth-order valence-electron chi connectivity index (χ4n) is 4.08. The van der Waals surface area contributed by atoms with Gasteiger partial charge in [0.05, 0.1) is 0 Å². The number of benzene rings is 1. The minimum absolute atomic E-state index is 0.109. The highest BCUT2D eigenvalue weighted by Gasteiger charge is 2.18. The lowest BCUT2D eigenvalue weighted by molar-refractivity contribution is -0.127. The van der Waals surface area contributed by atoms with Crippen LogP contribution in [0.2, 0.25) is 0 Å². The Morgan fingerprint density at radius 3 is 2.19 bits per heavy atom. The van der Waals surface area contributed by atoms with Crippen LogP contribution in [-0.2, 0) is 9.59 Å². The van der Waals surface area contributed by atoms with Crippen LogP contribution < -0.4 is 15.5 Å². The van der Waals surface area contributed by atoms with Gasteiger partial charge in [0, 0.05) is 30.5 Å². The Labute approximate surface area is 162 Å². The predicted molar refractivity (Wildman–Crippen MR) is 110 cm³/mol. The van der Waals surface area contributed by atoms with Gasteiger partial charge in [-0.05, 0) is 55.9 Å². The van der Waals surface area contributed by atoms with Crippen molar-refractivity contribution in [2.45, 2.75) is 70.8 Å². The second-order valence-corrected chi connectivity index (χ2v) is 8.20. The first-order valence-electron chi connectivity index (χ1n) is 10.5. The molecule has 1 aromatic carbocycles. The van der Waals surface area contributed by atoms with Gasteiger partial charge in [-0.15, -0.1) is 0 Å². The zero-order valence-corrected chi connectivity index (χ0v) is 16.5. The molecule has 0 spiro atoms. The fraction of sp³-hybridized carbons (Fsp3) is 0.636. The number of carbonyl (C=O) groups is 2. The standard InChI is InChI=1S/C22H33N3O2/c1-17-12-14-25(15-13-17)20-10-8-19(9-11-20)24-22(27)16-21(26)23-18-6-4-2-3-5-7-18/h8-11,17-18H,2-7,12-16H2,1H3,(H,23,26)(H,24,27). The van der Waals surface area contributed by atoms with E-state index in [1.54, 1.807) is 0 Å². The Kier molecular flexibility index (Phi) is 7.13. The van der Waals surface area contributed by atoms with Crippen LogP contribution in [0.5, 0.6) is 0 Å². The summed E-state index contributed by atoms with van der Waals surface area (Å²) in [7, 11) is 0. The first kappa shape index (κ1) is 19.7. The molecule has 2 fully saturated rings.